The smallest absolute Gasteiger partial charge is 0.433 e. The first kappa shape index (κ1) is 26.4. The number of halogens is 3. The van der Waals surface area contributed by atoms with Crippen LogP contribution in [0.3, 0.4) is 0 Å². The van der Waals surface area contributed by atoms with Crippen LogP contribution in [0.15, 0.2) is 40.1 Å². The van der Waals surface area contributed by atoms with Gasteiger partial charge in [-0.1, -0.05) is 19.9 Å². The van der Waals surface area contributed by atoms with Crippen molar-refractivity contribution in [2.75, 3.05) is 0 Å². The first-order valence-electron chi connectivity index (χ1n) is 11.7. The van der Waals surface area contributed by atoms with Crippen LogP contribution in [0.5, 0.6) is 5.75 Å². The molecule has 3 heterocycles. The molecule has 0 bridgehead atoms. The Bertz CT molecular complexity index is 1470. The number of pyridine rings is 1. The van der Waals surface area contributed by atoms with Crippen LogP contribution in [0.4, 0.5) is 13.2 Å². The maximum Gasteiger partial charge on any atom is 0.433 e. The molecule has 1 aliphatic rings. The lowest BCUT2D eigenvalue weighted by Gasteiger charge is -2.09. The van der Waals surface area contributed by atoms with Crippen molar-refractivity contribution < 1.29 is 27.5 Å². The van der Waals surface area contributed by atoms with Crippen LogP contribution in [0.25, 0.3) is 28.4 Å². The lowest BCUT2D eigenvalue weighted by atomic mass is 10.0. The minimum Gasteiger partial charge on any atom is -0.506 e. The number of nitrogens with two attached hydrogens (primary N) is 1. The molecular formula is C26H25F3N4O3S. The number of hydrogen-bond acceptors (Lipinski definition) is 7. The quantitative estimate of drug-likeness (QED) is 0.289. The van der Waals surface area contributed by atoms with E-state index in [1.807, 2.05) is 19.2 Å². The second-order valence-corrected chi connectivity index (χ2v) is 8.86. The third kappa shape index (κ3) is 5.23. The third-order valence-corrected chi connectivity index (χ3v) is 6.78. The van der Waals surface area contributed by atoms with E-state index in [0.717, 1.165) is 24.5 Å². The van der Waals surface area contributed by atoms with E-state index in [9.17, 15) is 23.1 Å². The van der Waals surface area contributed by atoms with Crippen LogP contribution < -0.4 is 11.1 Å². The predicted molar refractivity (Wildman–Crippen MR) is 136 cm³/mol. The molecule has 0 aliphatic heterocycles. The fourth-order valence-electron chi connectivity index (χ4n) is 4.01. The number of carbonyl (C=O) groups excluding carboxylic acids is 1. The van der Waals surface area contributed by atoms with Gasteiger partial charge >= 0.3 is 6.18 Å². The fourth-order valence-corrected chi connectivity index (χ4v) is 5.06. The highest BCUT2D eigenvalue weighted by Crippen LogP contribution is 2.36. The number of aromatic hydroxyl groups is 1. The van der Waals surface area contributed by atoms with Crippen LogP contribution in [0.1, 0.15) is 58.2 Å². The number of nitrogens with one attached hydrogen (secondary N) is 1. The van der Waals surface area contributed by atoms with Gasteiger partial charge in [0.05, 0.1) is 6.54 Å². The Hall–Kier alpha value is -3.70. The molecule has 0 atom stereocenters. The number of phenols is 1. The van der Waals surface area contributed by atoms with E-state index in [1.54, 1.807) is 11.3 Å². The molecule has 37 heavy (non-hydrogen) atoms. The van der Waals surface area contributed by atoms with E-state index < -0.39 is 23.5 Å². The number of oxazole rings is 1. The largest absolute Gasteiger partial charge is 0.506 e. The molecule has 5 rings (SSSR count). The highest BCUT2D eigenvalue weighted by atomic mass is 32.1. The molecule has 4 N–H and O–H groups in total. The molecule has 0 unspecified atom stereocenters. The summed E-state index contributed by atoms with van der Waals surface area (Å²) in [6.07, 6.45) is 1.41. The summed E-state index contributed by atoms with van der Waals surface area (Å²) in [4.78, 5) is 22.0. The van der Waals surface area contributed by atoms with Crippen molar-refractivity contribution >= 4 is 34.2 Å². The van der Waals surface area contributed by atoms with Crippen molar-refractivity contribution in [2.24, 2.45) is 5.73 Å². The van der Waals surface area contributed by atoms with Crippen molar-refractivity contribution in [1.82, 2.24) is 15.3 Å². The van der Waals surface area contributed by atoms with Crippen LogP contribution in [0, 0.1) is 0 Å². The Morgan fingerprint density at radius 2 is 2.00 bits per heavy atom. The SMILES string of the molecule is CC.NCc1oc(-c2ccc(O)c3nc(C(F)(F)F)ccc23)nc1C(=O)NCc1csc2c1CCC=C2. The highest BCUT2D eigenvalue weighted by molar-refractivity contribution is 7.11. The zero-order chi connectivity index (χ0) is 26.7. The molecule has 11 heteroatoms. The lowest BCUT2D eigenvalue weighted by molar-refractivity contribution is -0.140. The minimum atomic E-state index is -4.67. The topological polar surface area (TPSA) is 114 Å². The van der Waals surface area contributed by atoms with Gasteiger partial charge in [-0.2, -0.15) is 13.2 Å². The molecule has 1 aliphatic carbocycles. The number of alkyl halides is 3. The summed E-state index contributed by atoms with van der Waals surface area (Å²) >= 11 is 1.62. The number of nitrogens with zero attached hydrogens (tertiary/aromatic N) is 2. The minimum absolute atomic E-state index is 0.00686. The normalized spacial score (nSPS) is 12.7. The molecule has 1 aromatic carbocycles. The van der Waals surface area contributed by atoms with E-state index in [4.69, 9.17) is 10.2 Å². The maximum atomic E-state index is 13.1. The number of amides is 1. The van der Waals surface area contributed by atoms with Gasteiger partial charge in [0.25, 0.3) is 5.91 Å². The number of hydrogen-bond donors (Lipinski definition) is 3. The summed E-state index contributed by atoms with van der Waals surface area (Å²) in [6.45, 7) is 4.21. The molecule has 7 nitrogen and oxygen atoms in total. The van der Waals surface area contributed by atoms with E-state index in [0.29, 0.717) is 6.54 Å². The molecule has 1 amide bonds. The molecule has 3 aromatic heterocycles. The third-order valence-electron chi connectivity index (χ3n) is 5.74. The Labute approximate surface area is 214 Å². The molecule has 0 saturated heterocycles. The Morgan fingerprint density at radius 3 is 2.73 bits per heavy atom. The van der Waals surface area contributed by atoms with Gasteiger partial charge in [0.15, 0.2) is 11.5 Å². The first-order valence-corrected chi connectivity index (χ1v) is 12.6. The van der Waals surface area contributed by atoms with Gasteiger partial charge in [-0.25, -0.2) is 9.97 Å². The average Bonchev–Trinajstić information content (AvgIpc) is 3.52. The molecule has 0 spiro atoms. The van der Waals surface area contributed by atoms with Crippen molar-refractivity contribution in [3.63, 3.8) is 0 Å². The molecular weight excluding hydrogens is 505 g/mol. The zero-order valence-corrected chi connectivity index (χ0v) is 21.0. The summed E-state index contributed by atoms with van der Waals surface area (Å²) in [5.41, 5.74) is 6.89. The van der Waals surface area contributed by atoms with Gasteiger partial charge in [-0.05, 0) is 59.7 Å². The van der Waals surface area contributed by atoms with Gasteiger partial charge in [0.2, 0.25) is 5.89 Å². The fraction of sp³-hybridized carbons (Fsp3) is 0.269. The van der Waals surface area contributed by atoms with E-state index in [-0.39, 0.29) is 40.4 Å². The van der Waals surface area contributed by atoms with Crippen molar-refractivity contribution in [3.8, 4) is 17.2 Å². The summed E-state index contributed by atoms with van der Waals surface area (Å²) in [5.74, 6) is -0.784. The Kier molecular flexibility index (Phi) is 7.65. The highest BCUT2D eigenvalue weighted by Gasteiger charge is 2.33. The van der Waals surface area contributed by atoms with Crippen molar-refractivity contribution in [1.29, 1.82) is 0 Å². The average molecular weight is 531 g/mol. The molecule has 4 aromatic rings. The van der Waals surface area contributed by atoms with E-state index in [2.05, 4.69) is 27.4 Å². The van der Waals surface area contributed by atoms with Gasteiger partial charge < -0.3 is 20.6 Å². The van der Waals surface area contributed by atoms with Crippen molar-refractivity contribution in [2.45, 2.75) is 46.0 Å². The second kappa shape index (κ2) is 10.7. The standard InChI is InChI=1S/C24H19F3N4O3S.C2H6/c25-24(26,27)19-8-6-14-15(5-7-16(32)20(14)30-19)23-31-21(17(9-28)34-23)22(33)29-10-12-11-35-18-4-2-1-3-13(12)18;1-2/h2,4-8,11,32H,1,3,9-10,28H2,(H,29,33);1-2H3. The van der Waals surface area contributed by atoms with Gasteiger partial charge in [0.1, 0.15) is 17.0 Å². The second-order valence-electron chi connectivity index (χ2n) is 7.95. The summed E-state index contributed by atoms with van der Waals surface area (Å²) in [7, 11) is 0. The number of fused-ring (bicyclic) bond motifs is 2. The van der Waals surface area contributed by atoms with E-state index in [1.165, 1.54) is 28.6 Å². The van der Waals surface area contributed by atoms with E-state index >= 15 is 0 Å². The van der Waals surface area contributed by atoms with Gasteiger partial charge in [-0.15, -0.1) is 11.3 Å². The first-order chi connectivity index (χ1) is 17.8. The number of thiophene rings is 1. The molecule has 0 fully saturated rings. The lowest BCUT2D eigenvalue weighted by Crippen LogP contribution is -2.25. The molecule has 194 valence electrons. The Balaban J connectivity index is 0.00000156. The number of carbonyl (C=O) groups is 1. The van der Waals surface area contributed by atoms with Crippen LogP contribution in [-0.4, -0.2) is 21.0 Å². The monoisotopic (exact) mass is 530 g/mol. The van der Waals surface area contributed by atoms with Gasteiger partial charge in [-0.3, -0.25) is 4.79 Å². The van der Waals surface area contributed by atoms with Crippen LogP contribution in [-0.2, 0) is 25.7 Å². The number of aromatic nitrogens is 2. The zero-order valence-electron chi connectivity index (χ0n) is 20.1. The number of benzene rings is 1. The van der Waals surface area contributed by atoms with Crippen LogP contribution >= 0.6 is 11.3 Å². The Morgan fingerprint density at radius 1 is 1.22 bits per heavy atom. The van der Waals surface area contributed by atoms with Crippen molar-refractivity contribution in [3.05, 3.63) is 68.9 Å². The number of rotatable bonds is 5. The summed E-state index contributed by atoms with van der Waals surface area (Å²) in [5, 5.41) is 15.2. The number of phenolic OH excluding ortho intramolecular Hbond substituents is 1. The van der Waals surface area contributed by atoms with Gasteiger partial charge in [0, 0.05) is 22.4 Å². The summed E-state index contributed by atoms with van der Waals surface area (Å²) in [6, 6.07) is 4.62. The predicted octanol–water partition coefficient (Wildman–Crippen LogP) is 6.05. The molecule has 0 saturated carbocycles. The summed E-state index contributed by atoms with van der Waals surface area (Å²) < 4.78 is 45.0. The number of allylic oxidation sites excluding steroid dienone is 1. The van der Waals surface area contributed by atoms with Crippen LogP contribution in [0.2, 0.25) is 0 Å². The maximum absolute atomic E-state index is 13.1. The molecule has 0 radical (unpaired) electrons.